The molecule has 0 spiro atoms. The lowest BCUT2D eigenvalue weighted by molar-refractivity contribution is -0.119. The molecule has 1 saturated heterocycles. The third kappa shape index (κ3) is 3.15. The summed E-state index contributed by atoms with van der Waals surface area (Å²) in [5, 5.41) is 2.72. The van der Waals surface area contributed by atoms with E-state index in [0.29, 0.717) is 13.1 Å². The number of allylic oxidation sites excluding steroid dienone is 2. The molecule has 1 N–H and O–H groups in total. The Labute approximate surface area is 148 Å². The molecule has 1 aromatic rings. The molecule has 1 aromatic carbocycles. The maximum Gasteiger partial charge on any atom is 0.414 e. The summed E-state index contributed by atoms with van der Waals surface area (Å²) in [5.41, 5.74) is 6.76. The molecule has 4 rings (SSSR count). The third-order valence-corrected chi connectivity index (χ3v) is 5.44. The lowest BCUT2D eigenvalue weighted by Crippen LogP contribution is -2.33. The second-order valence-corrected chi connectivity index (χ2v) is 7.18. The highest BCUT2D eigenvalue weighted by molar-refractivity contribution is 5.91. The Morgan fingerprint density at radius 3 is 2.84 bits per heavy atom. The zero-order valence-electron chi connectivity index (χ0n) is 14.6. The summed E-state index contributed by atoms with van der Waals surface area (Å²) in [7, 11) is 0. The Hall–Kier alpha value is -2.30. The second-order valence-electron chi connectivity index (χ2n) is 7.18. The molecular weight excluding hydrogens is 316 g/mol. The smallest absolute Gasteiger partial charge is 0.414 e. The van der Waals surface area contributed by atoms with Gasteiger partial charge in [0, 0.05) is 12.6 Å². The van der Waals surface area contributed by atoms with E-state index in [1.54, 1.807) is 10.5 Å². The largest absolute Gasteiger partial charge is 0.442 e. The number of hydrogen-bond donors (Lipinski definition) is 1. The highest BCUT2D eigenvalue weighted by Crippen LogP contribution is 2.41. The number of rotatable bonds is 3. The van der Waals surface area contributed by atoms with Gasteiger partial charge >= 0.3 is 6.09 Å². The quantitative estimate of drug-likeness (QED) is 0.917. The first kappa shape index (κ1) is 16.2. The van der Waals surface area contributed by atoms with Crippen molar-refractivity contribution in [2.45, 2.75) is 51.6 Å². The van der Waals surface area contributed by atoms with Gasteiger partial charge in [0.2, 0.25) is 5.91 Å². The normalized spacial score (nSPS) is 22.4. The van der Waals surface area contributed by atoms with Crippen LogP contribution in [0.25, 0.3) is 5.57 Å². The first-order valence-electron chi connectivity index (χ1n) is 9.18. The number of fused-ring (bicyclic) bond motifs is 2. The Kier molecular flexibility index (Phi) is 4.24. The maximum absolute atomic E-state index is 12.3. The molecular formula is C20H24N2O3. The molecule has 5 heteroatoms. The molecule has 0 aromatic heterocycles. The van der Waals surface area contributed by atoms with Crippen molar-refractivity contribution in [1.82, 2.24) is 5.32 Å². The number of carbonyl (C=O) groups is 2. The number of ether oxygens (including phenoxy) is 1. The number of nitrogens with one attached hydrogen (secondary N) is 1. The van der Waals surface area contributed by atoms with E-state index >= 15 is 0 Å². The highest BCUT2D eigenvalue weighted by Gasteiger charge is 2.33. The number of cyclic esters (lactones) is 1. The van der Waals surface area contributed by atoms with Crippen LogP contribution in [0.3, 0.4) is 0 Å². The molecule has 3 aliphatic rings. The number of anilines is 1. The fourth-order valence-electron chi connectivity index (χ4n) is 4.23. The van der Waals surface area contributed by atoms with Gasteiger partial charge in [-0.05, 0) is 67.4 Å². The average molecular weight is 340 g/mol. The van der Waals surface area contributed by atoms with E-state index in [9.17, 15) is 9.59 Å². The molecule has 0 bridgehead atoms. The van der Waals surface area contributed by atoms with Gasteiger partial charge in [0.05, 0.1) is 13.1 Å². The van der Waals surface area contributed by atoms with E-state index in [1.807, 2.05) is 6.07 Å². The number of nitrogens with zero attached hydrogens (tertiary/aromatic N) is 1. The lowest BCUT2D eigenvalue weighted by atomic mass is 9.96. The molecule has 132 valence electrons. The van der Waals surface area contributed by atoms with Crippen molar-refractivity contribution in [1.29, 1.82) is 0 Å². The molecule has 25 heavy (non-hydrogen) atoms. The van der Waals surface area contributed by atoms with Crippen molar-refractivity contribution in [3.8, 4) is 0 Å². The summed E-state index contributed by atoms with van der Waals surface area (Å²) >= 11 is 0. The van der Waals surface area contributed by atoms with E-state index in [2.05, 4.69) is 17.4 Å². The standard InChI is InChI=1S/C20H24N2O3/c1-13(23)21-11-17-12-22(20(24)25-17)16-9-8-15-5-2-4-14-6-3-7-18(14)19(15)10-16/h8-10,17H,2-7,11-12H2,1H3,(H,21,23)/t17-/m0/s1. The van der Waals surface area contributed by atoms with Crippen LogP contribution in [0.2, 0.25) is 0 Å². The monoisotopic (exact) mass is 340 g/mol. The van der Waals surface area contributed by atoms with Crippen molar-refractivity contribution in [3.05, 3.63) is 34.9 Å². The Morgan fingerprint density at radius 1 is 1.24 bits per heavy atom. The van der Waals surface area contributed by atoms with Crippen LogP contribution >= 0.6 is 0 Å². The number of benzene rings is 1. The van der Waals surface area contributed by atoms with Crippen LogP contribution in [0.1, 0.15) is 50.2 Å². The Bertz CT molecular complexity index is 753. The summed E-state index contributed by atoms with van der Waals surface area (Å²) in [5.74, 6) is -0.111. The Balaban J connectivity index is 1.59. The summed E-state index contributed by atoms with van der Waals surface area (Å²) in [4.78, 5) is 25.0. The average Bonchev–Trinajstić information content (AvgIpc) is 3.16. The first-order valence-corrected chi connectivity index (χ1v) is 9.18. The first-order chi connectivity index (χ1) is 12.1. The van der Waals surface area contributed by atoms with E-state index in [-0.39, 0.29) is 18.1 Å². The summed E-state index contributed by atoms with van der Waals surface area (Å²) in [6.45, 7) is 2.30. The summed E-state index contributed by atoms with van der Waals surface area (Å²) in [6.07, 6.45) is 6.54. The molecule has 0 saturated carbocycles. The molecule has 1 heterocycles. The molecule has 2 amide bonds. The van der Waals surface area contributed by atoms with Crippen LogP contribution in [-0.4, -0.2) is 31.2 Å². The van der Waals surface area contributed by atoms with Gasteiger partial charge in [-0.15, -0.1) is 0 Å². The predicted octanol–water partition coefficient (Wildman–Crippen LogP) is 3.42. The van der Waals surface area contributed by atoms with Crippen LogP contribution in [0.4, 0.5) is 10.5 Å². The van der Waals surface area contributed by atoms with E-state index < -0.39 is 0 Å². The Morgan fingerprint density at radius 2 is 2.04 bits per heavy atom. The van der Waals surface area contributed by atoms with Crippen molar-refractivity contribution in [2.75, 3.05) is 18.0 Å². The fraction of sp³-hybridized carbons (Fsp3) is 0.500. The van der Waals surface area contributed by atoms with Crippen LogP contribution in [-0.2, 0) is 16.0 Å². The van der Waals surface area contributed by atoms with Gasteiger partial charge in [0.25, 0.3) is 0 Å². The molecule has 2 aliphatic carbocycles. The van der Waals surface area contributed by atoms with Gasteiger partial charge in [-0.2, -0.15) is 0 Å². The zero-order valence-corrected chi connectivity index (χ0v) is 14.6. The zero-order chi connectivity index (χ0) is 17.4. The second kappa shape index (κ2) is 6.54. The lowest BCUT2D eigenvalue weighted by Gasteiger charge is -2.17. The topological polar surface area (TPSA) is 58.6 Å². The van der Waals surface area contributed by atoms with Crippen molar-refractivity contribution >= 4 is 23.3 Å². The van der Waals surface area contributed by atoms with Crippen molar-refractivity contribution < 1.29 is 14.3 Å². The number of aryl methyl sites for hydroxylation is 1. The van der Waals surface area contributed by atoms with E-state index in [1.165, 1.54) is 49.3 Å². The van der Waals surface area contributed by atoms with Gasteiger partial charge in [0.15, 0.2) is 0 Å². The number of carbonyl (C=O) groups excluding carboxylic acids is 2. The minimum absolute atomic E-state index is 0.111. The van der Waals surface area contributed by atoms with Crippen molar-refractivity contribution in [3.63, 3.8) is 0 Å². The molecule has 1 aliphatic heterocycles. The van der Waals surface area contributed by atoms with Crippen LogP contribution < -0.4 is 10.2 Å². The van der Waals surface area contributed by atoms with Gasteiger partial charge in [0.1, 0.15) is 6.10 Å². The van der Waals surface area contributed by atoms with Gasteiger partial charge in [-0.25, -0.2) is 4.79 Å². The van der Waals surface area contributed by atoms with Crippen LogP contribution in [0.15, 0.2) is 23.8 Å². The SMILES string of the molecule is CC(=O)NC[C@H]1CN(c2ccc3c(c2)C2=C(CCC2)CCC3)C(=O)O1. The van der Waals surface area contributed by atoms with Gasteiger partial charge in [-0.1, -0.05) is 11.6 Å². The molecule has 1 fully saturated rings. The van der Waals surface area contributed by atoms with Crippen molar-refractivity contribution in [2.24, 2.45) is 0 Å². The number of hydrogen-bond acceptors (Lipinski definition) is 3. The minimum atomic E-state index is -0.329. The number of amides is 2. The molecule has 1 atom stereocenters. The molecule has 0 radical (unpaired) electrons. The van der Waals surface area contributed by atoms with Crippen LogP contribution in [0, 0.1) is 0 Å². The maximum atomic E-state index is 12.3. The molecule has 0 unspecified atom stereocenters. The van der Waals surface area contributed by atoms with E-state index in [4.69, 9.17) is 4.74 Å². The van der Waals surface area contributed by atoms with E-state index in [0.717, 1.165) is 18.5 Å². The minimum Gasteiger partial charge on any atom is -0.442 e. The predicted molar refractivity (Wildman–Crippen MR) is 96.4 cm³/mol. The van der Waals surface area contributed by atoms with Gasteiger partial charge in [-0.3, -0.25) is 9.69 Å². The molecule has 5 nitrogen and oxygen atoms in total. The highest BCUT2D eigenvalue weighted by atomic mass is 16.6. The summed E-state index contributed by atoms with van der Waals surface area (Å²) in [6, 6.07) is 6.37. The van der Waals surface area contributed by atoms with Gasteiger partial charge < -0.3 is 10.1 Å². The van der Waals surface area contributed by atoms with Crippen LogP contribution in [0.5, 0.6) is 0 Å². The summed E-state index contributed by atoms with van der Waals surface area (Å²) < 4.78 is 5.39. The third-order valence-electron chi connectivity index (χ3n) is 5.44. The fourth-order valence-corrected chi connectivity index (χ4v) is 4.23.